The molecular weight excluding hydrogens is 1810 g/mol. The highest BCUT2D eigenvalue weighted by Gasteiger charge is 2.54. The number of ketones is 3. The van der Waals surface area contributed by atoms with Crippen molar-refractivity contribution in [2.45, 2.75) is 280 Å². The number of hydrogen-bond acceptors (Lipinski definition) is 23. The van der Waals surface area contributed by atoms with E-state index in [1.54, 1.807) is 74.6 Å². The quantitative estimate of drug-likeness (QED) is 0.0103. The van der Waals surface area contributed by atoms with E-state index >= 15 is 28.8 Å². The van der Waals surface area contributed by atoms with Gasteiger partial charge in [-0.3, -0.25) is 71.9 Å². The molecule has 0 bridgehead atoms. The fraction of sp³-hybridized carbons (Fsp3) is 0.467. The van der Waals surface area contributed by atoms with E-state index in [4.69, 9.17) is 15.2 Å². The zero-order valence-electron chi connectivity index (χ0n) is 80.4. The summed E-state index contributed by atoms with van der Waals surface area (Å²) in [5, 5.41) is 91.0. The summed E-state index contributed by atoms with van der Waals surface area (Å²) in [4.78, 5) is 233. The molecule has 0 radical (unpaired) electrons. The molecular formula is C105H130N12O24. The van der Waals surface area contributed by atoms with E-state index in [-0.39, 0.29) is 135 Å². The smallest absolute Gasteiger partial charge is 0.340 e. The Kier molecular flexibility index (Phi) is 37.4. The number of esters is 1. The fourth-order valence-corrected chi connectivity index (χ4v) is 18.3. The number of nitrogens with one attached hydrogen (secondary N) is 11. The van der Waals surface area contributed by atoms with Crippen molar-refractivity contribution in [3.05, 3.63) is 196 Å². The average molecular weight is 1940 g/mol. The van der Waals surface area contributed by atoms with E-state index < -0.39 is 203 Å². The van der Waals surface area contributed by atoms with Gasteiger partial charge < -0.3 is 104 Å². The molecule has 6 aromatic carbocycles. The van der Waals surface area contributed by atoms with E-state index in [1.165, 1.54) is 95.3 Å². The number of amides is 11. The van der Waals surface area contributed by atoms with Gasteiger partial charge >= 0.3 is 11.9 Å². The lowest BCUT2D eigenvalue weighted by Gasteiger charge is -2.36. The molecule has 4 heterocycles. The first-order chi connectivity index (χ1) is 67.1. The molecule has 7 aromatic rings. The Hall–Kier alpha value is -14.2. The molecule has 1 saturated carbocycles. The number of aromatic nitrogens is 1. The van der Waals surface area contributed by atoms with Gasteiger partial charge in [0.1, 0.15) is 87.9 Å². The molecule has 4 aliphatic rings. The first-order valence-corrected chi connectivity index (χ1v) is 48.3. The number of H-pyrrole nitrogens is 1. The van der Waals surface area contributed by atoms with E-state index in [0.717, 1.165) is 24.6 Å². The maximum Gasteiger partial charge on any atom is 0.340 e. The molecule has 1 aliphatic carbocycles. The largest absolute Gasteiger partial charge is 0.508 e. The number of aliphatic hydroxyl groups excluding tert-OH is 2. The molecule has 2 unspecified atom stereocenters. The number of carboxylic acids is 1. The number of hydrogen-bond donors (Lipinski definition) is 18. The third-order valence-electron chi connectivity index (χ3n) is 26.7. The Labute approximate surface area is 817 Å². The second-order valence-electron chi connectivity index (χ2n) is 38.4. The van der Waals surface area contributed by atoms with E-state index in [2.05, 4.69) is 58.2 Å². The van der Waals surface area contributed by atoms with Crippen molar-refractivity contribution >= 4 is 105 Å². The standard InChI is InChI=1S/C105H130N12O24/c1-59(2)48-81(110-89(126)31-23-30-84(123)66-34-40-75-74(53-66)100(137)141-105(75)76-41-38-71(121)55-87(76)140-88-56-72(122)39-42-77(88)105)96(133)115-91(62(5)119)99(136)112-82(51-64-24-16-15-17-25-64)98(135)117-104(7)47-21-14-12-10-8-9-11-13-20-46-103(6,102(139)114-83(58-118)97(134)109-61(4)93(130)108-60(3)92(106)129)116-94(131)67(49-63-26-22-27-63)35-44-85(124)68(52-69-57-107-78-29-19-18-28-73(69)78)54-86(125)80(50-65-32-36-70(120)37-33-65)111-95(132)79(113-101(104)138)43-45-90(127)128/h9,11,15-19,24-25,28-29,32-34,36-42,53,55-57,59-63,67-68,79-83,91,107,118-122H,8,10,12-14,20-23,26-27,30-31,35,43-52,54,58H2,1-7H3,(H2,106,129)(H,108,130)(H,109,134)(H,110,126)(H,111,132)(H,112,136)(H,113,138)(H,114,139)(H,115,133)(H,116,131)(H,117,135)(H,127,128)/b11-9+/t60?,61-,62+,67-,68+,79-,80-,81-,82-,83?,91-,103-,104+/m0/s1. The van der Waals surface area contributed by atoms with Crippen LogP contribution in [-0.4, -0.2) is 202 Å². The summed E-state index contributed by atoms with van der Waals surface area (Å²) in [5.74, 6) is -15.8. The monoisotopic (exact) mass is 1940 g/mol. The summed E-state index contributed by atoms with van der Waals surface area (Å²) < 4.78 is 12.2. The molecule has 141 heavy (non-hydrogen) atoms. The number of phenols is 3. The molecule has 11 amide bonds. The Balaban J connectivity index is 0.838. The van der Waals surface area contributed by atoms with Gasteiger partial charge in [0.15, 0.2) is 17.2 Å². The van der Waals surface area contributed by atoms with Crippen molar-refractivity contribution in [2.75, 3.05) is 6.61 Å². The summed E-state index contributed by atoms with van der Waals surface area (Å²) in [6.45, 7) is 9.35. The van der Waals surface area contributed by atoms with Gasteiger partial charge in [-0.05, 0) is 195 Å². The second kappa shape index (κ2) is 49.1. The van der Waals surface area contributed by atoms with E-state index in [0.29, 0.717) is 77.4 Å². The molecule has 36 nitrogen and oxygen atoms in total. The highest BCUT2D eigenvalue weighted by atomic mass is 16.6. The van der Waals surface area contributed by atoms with Gasteiger partial charge in [0, 0.05) is 102 Å². The van der Waals surface area contributed by atoms with Gasteiger partial charge in [0.25, 0.3) is 0 Å². The van der Waals surface area contributed by atoms with Crippen LogP contribution in [0.3, 0.4) is 0 Å². The number of carbonyl (C=O) groups excluding carboxylic acids is 15. The topological polar surface area (TPSA) is 575 Å². The molecule has 3 aliphatic heterocycles. The Bertz CT molecular complexity index is 5720. The average Bonchev–Trinajstić information content (AvgIpc) is 1.56. The number of phenolic OH excluding ortho intramolecular Hbond substituents is 3. The highest BCUT2D eigenvalue weighted by molar-refractivity contribution is 6.04. The van der Waals surface area contributed by atoms with Crippen molar-refractivity contribution in [3.8, 4) is 28.7 Å². The number of carbonyl (C=O) groups is 16. The number of para-hydroxylation sites is 1. The molecule has 1 spiro atoms. The van der Waals surface area contributed by atoms with E-state index in [1.807, 2.05) is 30.4 Å². The van der Waals surface area contributed by atoms with Crippen molar-refractivity contribution in [2.24, 2.45) is 29.4 Å². The minimum Gasteiger partial charge on any atom is -0.508 e. The fourth-order valence-electron chi connectivity index (χ4n) is 18.3. The van der Waals surface area contributed by atoms with Crippen LogP contribution in [0.4, 0.5) is 0 Å². The molecule has 11 rings (SSSR count). The number of carboxylic acid groups (broad SMARTS) is 1. The van der Waals surface area contributed by atoms with Crippen LogP contribution in [0.5, 0.6) is 28.7 Å². The number of rotatable bonds is 34. The zero-order valence-corrected chi connectivity index (χ0v) is 80.4. The normalized spacial score (nSPS) is 21.2. The minimum absolute atomic E-state index is 0.0107. The van der Waals surface area contributed by atoms with Crippen LogP contribution in [0.15, 0.2) is 152 Å². The van der Waals surface area contributed by atoms with Gasteiger partial charge in [-0.2, -0.15) is 0 Å². The molecule has 1 aromatic heterocycles. The summed E-state index contributed by atoms with van der Waals surface area (Å²) in [6.07, 6.45) is 6.11. The Morgan fingerprint density at radius 2 is 1.21 bits per heavy atom. The number of aromatic amines is 1. The highest BCUT2D eigenvalue weighted by Crippen LogP contribution is 2.57. The van der Waals surface area contributed by atoms with Crippen molar-refractivity contribution in [1.29, 1.82) is 0 Å². The maximum atomic E-state index is 15.7. The third kappa shape index (κ3) is 28.6. The number of aliphatic hydroxyl groups is 2. The lowest BCUT2D eigenvalue weighted by molar-refractivity contribution is -0.140. The number of aliphatic carboxylic acids is 1. The van der Waals surface area contributed by atoms with Gasteiger partial charge in [0.05, 0.1) is 24.3 Å². The predicted octanol–water partition coefficient (Wildman–Crippen LogP) is 8.18. The van der Waals surface area contributed by atoms with Crippen LogP contribution in [0.1, 0.15) is 244 Å². The zero-order chi connectivity index (χ0) is 102. The Morgan fingerprint density at radius 1 is 0.567 bits per heavy atom. The molecule has 754 valence electrons. The third-order valence-corrected chi connectivity index (χ3v) is 26.7. The lowest BCUT2D eigenvalue weighted by Crippen LogP contribution is -2.65. The molecule has 19 N–H and O–H groups in total. The number of primary amides is 1. The summed E-state index contributed by atoms with van der Waals surface area (Å²) in [7, 11) is 0. The van der Waals surface area contributed by atoms with Crippen LogP contribution in [0.25, 0.3) is 10.9 Å². The van der Waals surface area contributed by atoms with Gasteiger partial charge in [0.2, 0.25) is 65.0 Å². The number of allylic oxidation sites excluding steroid dienone is 2. The van der Waals surface area contributed by atoms with E-state index in [9.17, 15) is 78.6 Å². The maximum absolute atomic E-state index is 15.7. The molecule has 0 saturated heterocycles. The van der Waals surface area contributed by atoms with Crippen LogP contribution < -0.4 is 63.6 Å². The van der Waals surface area contributed by atoms with Gasteiger partial charge in [-0.1, -0.05) is 137 Å². The first kappa shape index (κ1) is 107. The van der Waals surface area contributed by atoms with Crippen molar-refractivity contribution < 1.29 is 117 Å². The number of Topliss-reactive ketones (excluding diaryl/α,β-unsaturated/α-hetero) is 3. The first-order valence-electron chi connectivity index (χ1n) is 48.3. The van der Waals surface area contributed by atoms with Crippen molar-refractivity contribution in [3.63, 3.8) is 0 Å². The summed E-state index contributed by atoms with van der Waals surface area (Å²) in [5.41, 5.74) is 3.48. The van der Waals surface area contributed by atoms with Crippen LogP contribution in [0.2, 0.25) is 0 Å². The molecule has 13 atom stereocenters. The van der Waals surface area contributed by atoms with Crippen molar-refractivity contribution in [1.82, 2.24) is 58.2 Å². The second-order valence-corrected chi connectivity index (χ2v) is 38.4. The molecule has 1 fully saturated rings. The predicted molar refractivity (Wildman–Crippen MR) is 518 cm³/mol. The van der Waals surface area contributed by atoms with Crippen LogP contribution in [-0.2, 0) is 96.7 Å². The summed E-state index contributed by atoms with van der Waals surface area (Å²) in [6, 6.07) is 22.4. The van der Waals surface area contributed by atoms with Crippen LogP contribution in [0, 0.1) is 23.7 Å². The number of fused-ring (bicyclic) bond motifs is 7. The van der Waals surface area contributed by atoms with Gasteiger partial charge in [-0.25, -0.2) is 4.79 Å². The molecule has 36 heteroatoms. The summed E-state index contributed by atoms with van der Waals surface area (Å²) >= 11 is 0. The number of ether oxygens (including phenoxy) is 2. The Morgan fingerprint density at radius 3 is 1.87 bits per heavy atom. The van der Waals surface area contributed by atoms with Gasteiger partial charge in [-0.15, -0.1) is 0 Å². The number of nitrogens with two attached hydrogens (primary N) is 1. The minimum atomic E-state index is -2.04. The number of benzene rings is 6. The lowest BCUT2D eigenvalue weighted by atomic mass is 9.76. The number of aromatic hydroxyl groups is 3. The SMILES string of the molecule is CC(C)C[C@H](NC(=O)CCCC(=O)c1ccc2c(c1)C(=O)OC21c2ccc(O)cc2Oc2cc(O)ccc21)C(=O)N[C@H](C(=O)N[C@@H](Cc1ccccc1)C(=O)N[C@]1(C)CCCCCC/C=C/CCC[C@@](C)(C(=O)NC(CO)C(=O)N[C@@H](C)C(=O)NC(C)C(N)=O)NC(=O)[C@H](CC2CCC2)CCC(=O)[C@H](Cc2c[nH]c3ccccc23)CC(=O)[C@H](Cc2ccc(O)cc2)NC(=O)[C@H](CCC(=O)O)NC1=O)[C@@H](C)O. The van der Waals surface area contributed by atoms with Crippen LogP contribution >= 0.6 is 0 Å².